The molecule has 4 rings (SSSR count). The molecule has 4 aromatic rings. The van der Waals surface area contributed by atoms with E-state index in [1.165, 1.54) is 11.3 Å². The predicted molar refractivity (Wildman–Crippen MR) is 122 cm³/mol. The molecule has 30 heavy (non-hydrogen) atoms. The zero-order valence-corrected chi connectivity index (χ0v) is 18.1. The van der Waals surface area contributed by atoms with Gasteiger partial charge in [0.15, 0.2) is 4.80 Å². The number of aromatic nitrogens is 1. The third kappa shape index (κ3) is 4.08. The second-order valence-electron chi connectivity index (χ2n) is 6.64. The van der Waals surface area contributed by atoms with E-state index in [1.807, 2.05) is 54.1 Å². The highest BCUT2D eigenvalue weighted by molar-refractivity contribution is 7.13. The van der Waals surface area contributed by atoms with Gasteiger partial charge in [0.05, 0.1) is 17.7 Å². The molecule has 0 unspecified atom stereocenters. The van der Waals surface area contributed by atoms with E-state index in [9.17, 15) is 4.79 Å². The van der Waals surface area contributed by atoms with Crippen LogP contribution >= 0.6 is 22.9 Å². The highest BCUT2D eigenvalue weighted by Crippen LogP contribution is 2.34. The monoisotopic (exact) mass is 434 g/mol. The standard InChI is InChI=1S/C24H19ClN2O2S/c1-27-21(16-8-12-19(25)13-9-16)22(17-6-4-3-5-7-17)30-24(27)26-23(28)18-10-14-20(29-2)15-11-18/h3-15H,1-2H3. The molecule has 0 atom stereocenters. The minimum atomic E-state index is -0.295. The Hall–Kier alpha value is -3.15. The number of thiazole rings is 1. The Morgan fingerprint density at radius 3 is 2.23 bits per heavy atom. The van der Waals surface area contributed by atoms with Crippen molar-refractivity contribution in [2.45, 2.75) is 0 Å². The van der Waals surface area contributed by atoms with Gasteiger partial charge in [0.2, 0.25) is 0 Å². The van der Waals surface area contributed by atoms with E-state index in [4.69, 9.17) is 16.3 Å². The summed E-state index contributed by atoms with van der Waals surface area (Å²) >= 11 is 7.57. The molecule has 4 nitrogen and oxygen atoms in total. The van der Waals surface area contributed by atoms with Gasteiger partial charge in [-0.25, -0.2) is 0 Å². The van der Waals surface area contributed by atoms with E-state index in [0.717, 1.165) is 21.7 Å². The molecule has 0 saturated heterocycles. The Labute approximate surface area is 183 Å². The highest BCUT2D eigenvalue weighted by Gasteiger charge is 2.16. The molecule has 0 aliphatic carbocycles. The summed E-state index contributed by atoms with van der Waals surface area (Å²) in [5.41, 5.74) is 3.58. The Morgan fingerprint density at radius 2 is 1.60 bits per heavy atom. The van der Waals surface area contributed by atoms with Crippen molar-refractivity contribution in [3.05, 3.63) is 94.3 Å². The lowest BCUT2D eigenvalue weighted by molar-refractivity contribution is 0.0998. The summed E-state index contributed by atoms with van der Waals surface area (Å²) < 4.78 is 7.11. The lowest BCUT2D eigenvalue weighted by atomic mass is 10.1. The first kappa shape index (κ1) is 20.1. The summed E-state index contributed by atoms with van der Waals surface area (Å²) in [7, 11) is 3.52. The van der Waals surface area contributed by atoms with Crippen molar-refractivity contribution in [1.29, 1.82) is 0 Å². The zero-order valence-electron chi connectivity index (χ0n) is 16.5. The fourth-order valence-electron chi connectivity index (χ4n) is 3.16. The maximum absolute atomic E-state index is 12.8. The molecule has 0 radical (unpaired) electrons. The first-order valence-corrected chi connectivity index (χ1v) is 10.5. The van der Waals surface area contributed by atoms with Crippen LogP contribution in [0.3, 0.4) is 0 Å². The summed E-state index contributed by atoms with van der Waals surface area (Å²) in [5, 5.41) is 0.678. The van der Waals surface area contributed by atoms with Crippen molar-refractivity contribution in [1.82, 2.24) is 4.57 Å². The number of rotatable bonds is 4. The van der Waals surface area contributed by atoms with Gasteiger partial charge in [0, 0.05) is 17.6 Å². The lowest BCUT2D eigenvalue weighted by Gasteiger charge is -2.07. The molecule has 1 heterocycles. The van der Waals surface area contributed by atoms with Gasteiger partial charge in [-0.1, -0.05) is 65.4 Å². The molecular formula is C24H19ClN2O2S. The van der Waals surface area contributed by atoms with Gasteiger partial charge in [-0.15, -0.1) is 0 Å². The van der Waals surface area contributed by atoms with Crippen molar-refractivity contribution >= 4 is 28.8 Å². The van der Waals surface area contributed by atoms with Crippen LogP contribution in [0.1, 0.15) is 10.4 Å². The first-order chi connectivity index (χ1) is 14.6. The third-order valence-corrected chi connectivity index (χ3v) is 6.15. The number of halogens is 1. The number of carbonyl (C=O) groups is 1. The summed E-state index contributed by atoms with van der Waals surface area (Å²) in [6.45, 7) is 0. The average molecular weight is 435 g/mol. The van der Waals surface area contributed by atoms with Crippen LogP contribution in [-0.4, -0.2) is 17.6 Å². The van der Waals surface area contributed by atoms with E-state index in [-0.39, 0.29) is 5.91 Å². The maximum Gasteiger partial charge on any atom is 0.279 e. The fraction of sp³-hybridized carbons (Fsp3) is 0.0833. The molecule has 0 aliphatic heterocycles. The molecule has 0 bridgehead atoms. The first-order valence-electron chi connectivity index (χ1n) is 9.31. The SMILES string of the molecule is COc1ccc(C(=O)N=c2sc(-c3ccccc3)c(-c3ccc(Cl)cc3)n2C)cc1. The molecule has 6 heteroatoms. The van der Waals surface area contributed by atoms with Crippen LogP contribution in [0.15, 0.2) is 83.9 Å². The summed E-state index contributed by atoms with van der Waals surface area (Å²) in [6, 6.07) is 24.7. The molecule has 150 valence electrons. The van der Waals surface area contributed by atoms with Crippen LogP contribution in [0.5, 0.6) is 5.75 Å². The minimum absolute atomic E-state index is 0.295. The average Bonchev–Trinajstić information content (AvgIpc) is 3.11. The number of hydrogen-bond acceptors (Lipinski definition) is 3. The molecular weight excluding hydrogens is 416 g/mol. The lowest BCUT2D eigenvalue weighted by Crippen LogP contribution is -2.14. The van der Waals surface area contributed by atoms with Crippen molar-refractivity contribution in [3.8, 4) is 27.4 Å². The summed E-state index contributed by atoms with van der Waals surface area (Å²) in [5.74, 6) is 0.404. The van der Waals surface area contributed by atoms with Crippen molar-refractivity contribution in [2.75, 3.05) is 7.11 Å². The molecule has 0 fully saturated rings. The molecule has 0 aliphatic rings. The third-order valence-electron chi connectivity index (χ3n) is 4.72. The second kappa shape index (κ2) is 8.69. The van der Waals surface area contributed by atoms with E-state index in [2.05, 4.69) is 17.1 Å². The topological polar surface area (TPSA) is 43.6 Å². The highest BCUT2D eigenvalue weighted by atomic mass is 35.5. The minimum Gasteiger partial charge on any atom is -0.497 e. The van der Waals surface area contributed by atoms with Crippen molar-refractivity contribution < 1.29 is 9.53 Å². The van der Waals surface area contributed by atoms with Gasteiger partial charge >= 0.3 is 0 Å². The number of benzene rings is 3. The summed E-state index contributed by atoms with van der Waals surface area (Å²) in [6.07, 6.45) is 0. The molecule has 3 aromatic carbocycles. The molecule has 0 spiro atoms. The van der Waals surface area contributed by atoms with Gasteiger partial charge in [-0.05, 0) is 47.5 Å². The number of hydrogen-bond donors (Lipinski definition) is 0. The van der Waals surface area contributed by atoms with Crippen LogP contribution in [-0.2, 0) is 7.05 Å². The molecule has 0 N–H and O–H groups in total. The number of amides is 1. The normalized spacial score (nSPS) is 11.5. The Bertz CT molecular complexity index is 1240. The van der Waals surface area contributed by atoms with Crippen molar-refractivity contribution in [2.24, 2.45) is 12.0 Å². The van der Waals surface area contributed by atoms with E-state index < -0.39 is 0 Å². The van der Waals surface area contributed by atoms with Crippen LogP contribution in [0.25, 0.3) is 21.7 Å². The van der Waals surface area contributed by atoms with Gasteiger partial charge in [0.25, 0.3) is 5.91 Å². The van der Waals surface area contributed by atoms with E-state index >= 15 is 0 Å². The number of ether oxygens (including phenoxy) is 1. The zero-order chi connectivity index (χ0) is 21.1. The summed E-state index contributed by atoms with van der Waals surface area (Å²) in [4.78, 5) is 18.9. The predicted octanol–water partition coefficient (Wildman–Crippen LogP) is 5.82. The van der Waals surface area contributed by atoms with E-state index in [1.54, 1.807) is 31.4 Å². The van der Waals surface area contributed by atoms with Crippen molar-refractivity contribution in [3.63, 3.8) is 0 Å². The van der Waals surface area contributed by atoms with Crippen LogP contribution in [0, 0.1) is 0 Å². The number of carbonyl (C=O) groups excluding carboxylic acids is 1. The van der Waals surface area contributed by atoms with Gasteiger partial charge in [-0.2, -0.15) is 4.99 Å². The van der Waals surface area contributed by atoms with Gasteiger partial charge < -0.3 is 9.30 Å². The number of methoxy groups -OCH3 is 1. The molecule has 1 amide bonds. The van der Waals surface area contributed by atoms with Crippen LogP contribution < -0.4 is 9.54 Å². The van der Waals surface area contributed by atoms with E-state index in [0.29, 0.717) is 21.1 Å². The smallest absolute Gasteiger partial charge is 0.279 e. The van der Waals surface area contributed by atoms with Gasteiger partial charge in [-0.3, -0.25) is 4.79 Å². The second-order valence-corrected chi connectivity index (χ2v) is 8.05. The Balaban J connectivity index is 1.85. The maximum atomic E-state index is 12.8. The van der Waals surface area contributed by atoms with Crippen LogP contribution in [0.2, 0.25) is 5.02 Å². The number of nitrogens with zero attached hydrogens (tertiary/aromatic N) is 2. The Kier molecular flexibility index (Phi) is 5.84. The largest absolute Gasteiger partial charge is 0.497 e. The van der Waals surface area contributed by atoms with Gasteiger partial charge in [0.1, 0.15) is 5.75 Å². The quantitative estimate of drug-likeness (QED) is 0.406. The fourth-order valence-corrected chi connectivity index (χ4v) is 4.43. The molecule has 1 aromatic heterocycles. The van der Waals surface area contributed by atoms with Crippen LogP contribution in [0.4, 0.5) is 0 Å². The molecule has 0 saturated carbocycles. The Morgan fingerprint density at radius 1 is 0.933 bits per heavy atom.